The van der Waals surface area contributed by atoms with Gasteiger partial charge in [0.2, 0.25) is 0 Å². The van der Waals surface area contributed by atoms with Crippen molar-refractivity contribution in [2.45, 2.75) is 25.4 Å². The molecule has 0 aromatic heterocycles. The third-order valence-corrected chi connectivity index (χ3v) is 4.66. The summed E-state index contributed by atoms with van der Waals surface area (Å²) in [6.45, 7) is 0.571. The van der Waals surface area contributed by atoms with E-state index in [1.807, 2.05) is 78.9 Å². The Morgan fingerprint density at radius 2 is 1.66 bits per heavy atom. The lowest BCUT2D eigenvalue weighted by Crippen LogP contribution is -2.24. The minimum absolute atomic E-state index is 0.310. The smallest absolute Gasteiger partial charge is 0.333 e. The summed E-state index contributed by atoms with van der Waals surface area (Å²) < 4.78 is 16.5. The Balaban J connectivity index is 1.41. The van der Waals surface area contributed by atoms with E-state index in [4.69, 9.17) is 19.3 Å². The van der Waals surface area contributed by atoms with Crippen LogP contribution in [-0.4, -0.2) is 30.9 Å². The Morgan fingerprint density at radius 3 is 2.38 bits per heavy atom. The molecule has 0 bridgehead atoms. The van der Waals surface area contributed by atoms with Crippen LogP contribution in [0.4, 0.5) is 0 Å². The number of carbonyl (C=O) groups is 1. The minimum Gasteiger partial charge on any atom is -0.494 e. The van der Waals surface area contributed by atoms with Gasteiger partial charge in [-0.1, -0.05) is 42.2 Å². The van der Waals surface area contributed by atoms with Crippen LogP contribution in [0, 0.1) is 11.8 Å². The molecule has 32 heavy (non-hydrogen) atoms. The van der Waals surface area contributed by atoms with Crippen LogP contribution in [0.15, 0.2) is 78.9 Å². The number of hydrogen-bond acceptors (Lipinski definition) is 4. The van der Waals surface area contributed by atoms with Gasteiger partial charge in [-0.2, -0.15) is 0 Å². The zero-order valence-electron chi connectivity index (χ0n) is 18.0. The second-order valence-corrected chi connectivity index (χ2v) is 7.11. The molecule has 0 unspecified atom stereocenters. The highest BCUT2D eigenvalue weighted by atomic mass is 16.5. The summed E-state index contributed by atoms with van der Waals surface area (Å²) in [5, 5.41) is 9.11. The number of carboxylic acids is 1. The van der Waals surface area contributed by atoms with Crippen molar-refractivity contribution < 1.29 is 24.1 Å². The summed E-state index contributed by atoms with van der Waals surface area (Å²) >= 11 is 0. The molecular formula is C27H26O5. The Labute approximate surface area is 188 Å². The van der Waals surface area contributed by atoms with Crippen LogP contribution in [0.2, 0.25) is 0 Å². The number of aliphatic carboxylic acids is 1. The van der Waals surface area contributed by atoms with Gasteiger partial charge < -0.3 is 19.3 Å². The van der Waals surface area contributed by atoms with E-state index in [1.54, 1.807) is 0 Å². The molecule has 0 aliphatic carbocycles. The quantitative estimate of drug-likeness (QED) is 0.348. The van der Waals surface area contributed by atoms with Gasteiger partial charge in [-0.05, 0) is 60.5 Å². The molecule has 1 atom stereocenters. The van der Waals surface area contributed by atoms with Crippen molar-refractivity contribution in [3.8, 4) is 29.1 Å². The third kappa shape index (κ3) is 7.50. The maximum absolute atomic E-state index is 11.1. The molecule has 0 aliphatic heterocycles. The van der Waals surface area contributed by atoms with Crippen molar-refractivity contribution in [1.82, 2.24) is 0 Å². The van der Waals surface area contributed by atoms with Gasteiger partial charge in [-0.3, -0.25) is 0 Å². The van der Waals surface area contributed by atoms with E-state index in [9.17, 15) is 4.79 Å². The standard InChI is InChI=1S/C27H26O5/c1-30-26(27(28)29)20-22-11-8-10-21(19-22)9-4-3-7-18-31-23-14-16-25(17-15-23)32-24-12-5-2-6-13-24/h2,5-6,8,10-17,19,26H,3,7,18,20H2,1H3,(H,28,29)/t26-/m0/s1. The molecule has 0 spiro atoms. The van der Waals surface area contributed by atoms with Crippen molar-refractivity contribution in [1.29, 1.82) is 0 Å². The van der Waals surface area contributed by atoms with Crippen molar-refractivity contribution in [2.24, 2.45) is 0 Å². The van der Waals surface area contributed by atoms with Crippen molar-refractivity contribution >= 4 is 5.97 Å². The Bertz CT molecular complexity index is 1050. The average Bonchev–Trinajstić information content (AvgIpc) is 2.81. The fraction of sp³-hybridized carbons (Fsp3) is 0.222. The minimum atomic E-state index is -0.970. The second-order valence-electron chi connectivity index (χ2n) is 7.11. The number of unbranched alkanes of at least 4 members (excludes halogenated alkanes) is 1. The van der Waals surface area contributed by atoms with Gasteiger partial charge >= 0.3 is 5.97 Å². The summed E-state index contributed by atoms with van der Waals surface area (Å²) in [5.41, 5.74) is 1.74. The van der Waals surface area contributed by atoms with Gasteiger partial charge in [0.15, 0.2) is 6.10 Å². The molecule has 0 aliphatic rings. The summed E-state index contributed by atoms with van der Waals surface area (Å²) in [6.07, 6.45) is 0.966. The zero-order chi connectivity index (χ0) is 22.6. The summed E-state index contributed by atoms with van der Waals surface area (Å²) in [6, 6.07) is 24.7. The van der Waals surface area contributed by atoms with E-state index in [2.05, 4.69) is 11.8 Å². The highest BCUT2D eigenvalue weighted by molar-refractivity contribution is 5.72. The number of benzene rings is 3. The van der Waals surface area contributed by atoms with Crippen LogP contribution >= 0.6 is 0 Å². The fourth-order valence-corrected chi connectivity index (χ4v) is 3.01. The molecule has 1 N–H and O–H groups in total. The van der Waals surface area contributed by atoms with Crippen LogP contribution in [-0.2, 0) is 16.0 Å². The van der Waals surface area contributed by atoms with Crippen molar-refractivity contribution in [3.63, 3.8) is 0 Å². The molecule has 164 valence electrons. The fourth-order valence-electron chi connectivity index (χ4n) is 3.01. The molecule has 5 heteroatoms. The molecule has 3 rings (SSSR count). The number of rotatable bonds is 10. The first-order valence-corrected chi connectivity index (χ1v) is 10.4. The van der Waals surface area contributed by atoms with E-state index in [1.165, 1.54) is 7.11 Å². The first-order chi connectivity index (χ1) is 15.6. The predicted octanol–water partition coefficient (Wildman–Crippen LogP) is 5.33. The number of carboxylic acid groups (broad SMARTS) is 1. The molecule has 3 aromatic rings. The number of ether oxygens (including phenoxy) is 3. The molecule has 0 saturated heterocycles. The summed E-state index contributed by atoms with van der Waals surface area (Å²) in [4.78, 5) is 11.1. The monoisotopic (exact) mass is 430 g/mol. The second kappa shape index (κ2) is 12.2. The van der Waals surface area contributed by atoms with Crippen LogP contribution in [0.1, 0.15) is 24.0 Å². The number of hydrogen-bond donors (Lipinski definition) is 1. The first kappa shape index (κ1) is 22.9. The molecule has 0 radical (unpaired) electrons. The maximum Gasteiger partial charge on any atom is 0.333 e. The van der Waals surface area contributed by atoms with E-state index in [-0.39, 0.29) is 0 Å². The van der Waals surface area contributed by atoms with Gasteiger partial charge in [0.1, 0.15) is 17.2 Å². The van der Waals surface area contributed by atoms with E-state index < -0.39 is 12.1 Å². The molecule has 5 nitrogen and oxygen atoms in total. The maximum atomic E-state index is 11.1. The van der Waals surface area contributed by atoms with Crippen molar-refractivity contribution in [3.05, 3.63) is 90.0 Å². The lowest BCUT2D eigenvalue weighted by molar-refractivity contribution is -0.148. The summed E-state index contributed by atoms with van der Waals surface area (Å²) in [5.74, 6) is 7.65. The Hall–Kier alpha value is -3.75. The molecule has 0 amide bonds. The highest BCUT2D eigenvalue weighted by Gasteiger charge is 2.16. The predicted molar refractivity (Wildman–Crippen MR) is 123 cm³/mol. The first-order valence-electron chi connectivity index (χ1n) is 10.4. The third-order valence-electron chi connectivity index (χ3n) is 4.66. The highest BCUT2D eigenvalue weighted by Crippen LogP contribution is 2.23. The number of methoxy groups -OCH3 is 1. The molecule has 0 saturated carbocycles. The summed E-state index contributed by atoms with van der Waals surface area (Å²) in [7, 11) is 1.40. The lowest BCUT2D eigenvalue weighted by atomic mass is 10.0. The largest absolute Gasteiger partial charge is 0.494 e. The van der Waals surface area contributed by atoms with Gasteiger partial charge in [0.05, 0.1) is 6.61 Å². The Kier molecular flexibility index (Phi) is 8.73. The normalized spacial score (nSPS) is 11.2. The molecule has 3 aromatic carbocycles. The molecular weight excluding hydrogens is 404 g/mol. The van der Waals surface area contributed by atoms with Gasteiger partial charge in [-0.25, -0.2) is 4.79 Å². The van der Waals surface area contributed by atoms with E-state index in [0.29, 0.717) is 19.4 Å². The Morgan fingerprint density at radius 1 is 0.938 bits per heavy atom. The van der Waals surface area contributed by atoms with Gasteiger partial charge in [-0.15, -0.1) is 0 Å². The average molecular weight is 431 g/mol. The number of para-hydroxylation sites is 1. The molecule has 0 heterocycles. The lowest BCUT2D eigenvalue weighted by Gasteiger charge is -2.10. The van der Waals surface area contributed by atoms with Crippen LogP contribution in [0.5, 0.6) is 17.2 Å². The van der Waals surface area contributed by atoms with Crippen molar-refractivity contribution in [2.75, 3.05) is 13.7 Å². The topological polar surface area (TPSA) is 65.0 Å². The van der Waals surface area contributed by atoms with E-state index >= 15 is 0 Å². The van der Waals surface area contributed by atoms with Gasteiger partial charge in [0, 0.05) is 25.5 Å². The van der Waals surface area contributed by atoms with E-state index in [0.717, 1.165) is 34.8 Å². The van der Waals surface area contributed by atoms with Crippen LogP contribution in [0.25, 0.3) is 0 Å². The zero-order valence-corrected chi connectivity index (χ0v) is 18.0. The molecule has 0 fully saturated rings. The van der Waals surface area contributed by atoms with Crippen LogP contribution < -0.4 is 9.47 Å². The van der Waals surface area contributed by atoms with Crippen LogP contribution in [0.3, 0.4) is 0 Å². The van der Waals surface area contributed by atoms with Gasteiger partial charge in [0.25, 0.3) is 0 Å². The SMILES string of the molecule is CO[C@@H](Cc1cccc(C#CCCCOc2ccc(Oc3ccccc3)cc2)c1)C(=O)O.